The van der Waals surface area contributed by atoms with E-state index in [4.69, 9.17) is 9.47 Å². The number of hydrogen-bond acceptors (Lipinski definition) is 5. The van der Waals surface area contributed by atoms with Crippen LogP contribution in [-0.2, 0) is 9.59 Å². The second-order valence-corrected chi connectivity index (χ2v) is 9.03. The zero-order valence-electron chi connectivity index (χ0n) is 19.6. The first kappa shape index (κ1) is 22.9. The molecule has 2 fully saturated rings. The molecule has 2 aromatic carbocycles. The summed E-state index contributed by atoms with van der Waals surface area (Å²) < 4.78 is 10.7. The number of rotatable bonds is 6. The average Bonchev–Trinajstić information content (AvgIpc) is 3.45. The molecule has 1 aliphatic heterocycles. The number of carbonyl (C=O) groups is 2. The first-order chi connectivity index (χ1) is 15.9. The summed E-state index contributed by atoms with van der Waals surface area (Å²) in [5.41, 5.74) is 2.45. The van der Waals surface area contributed by atoms with E-state index in [1.54, 1.807) is 30.2 Å². The van der Waals surface area contributed by atoms with Gasteiger partial charge in [0.05, 0.1) is 31.4 Å². The number of Topliss-reactive ketones (excluding diaryl/α,β-unsaturated/α-hetero) is 1. The van der Waals surface area contributed by atoms with Gasteiger partial charge in [-0.15, -0.1) is 0 Å². The molecule has 6 heteroatoms. The summed E-state index contributed by atoms with van der Waals surface area (Å²) in [6, 6.07) is 12.3. The Morgan fingerprint density at radius 1 is 1.00 bits per heavy atom. The fraction of sp³-hybridized carbons (Fsp3) is 0.407. The van der Waals surface area contributed by atoms with E-state index in [2.05, 4.69) is 13.8 Å². The van der Waals surface area contributed by atoms with Gasteiger partial charge in [-0.1, -0.05) is 51.0 Å². The van der Waals surface area contributed by atoms with Gasteiger partial charge in [-0.2, -0.15) is 0 Å². The van der Waals surface area contributed by atoms with Crippen LogP contribution in [0.5, 0.6) is 11.5 Å². The number of likely N-dealkylation sites (tertiary alicyclic amines) is 1. The van der Waals surface area contributed by atoms with Crippen molar-refractivity contribution in [1.29, 1.82) is 0 Å². The Kier molecular flexibility index (Phi) is 6.45. The number of ether oxygens (including phenoxy) is 2. The molecule has 174 valence electrons. The van der Waals surface area contributed by atoms with Gasteiger partial charge in [-0.05, 0) is 42.0 Å². The van der Waals surface area contributed by atoms with Crippen LogP contribution in [-0.4, -0.2) is 42.0 Å². The Labute approximate surface area is 194 Å². The van der Waals surface area contributed by atoms with Crippen LogP contribution in [0.25, 0.3) is 5.76 Å². The minimum absolute atomic E-state index is 0.0145. The maximum absolute atomic E-state index is 13.3. The molecule has 33 heavy (non-hydrogen) atoms. The number of aliphatic hydroxyl groups excluding tert-OH is 1. The molecule has 0 bridgehead atoms. The minimum atomic E-state index is -0.657. The molecule has 1 saturated carbocycles. The van der Waals surface area contributed by atoms with Gasteiger partial charge in [-0.25, -0.2) is 0 Å². The lowest BCUT2D eigenvalue weighted by atomic mass is 9.92. The highest BCUT2D eigenvalue weighted by molar-refractivity contribution is 6.46. The fourth-order valence-electron chi connectivity index (χ4n) is 4.94. The molecule has 1 aliphatic carbocycles. The molecule has 1 unspecified atom stereocenters. The summed E-state index contributed by atoms with van der Waals surface area (Å²) in [6.45, 7) is 4.24. The summed E-state index contributed by atoms with van der Waals surface area (Å²) in [6.07, 6.45) is 3.77. The highest BCUT2D eigenvalue weighted by atomic mass is 16.5. The number of ketones is 1. The van der Waals surface area contributed by atoms with Crippen LogP contribution >= 0.6 is 0 Å². The van der Waals surface area contributed by atoms with Crippen molar-refractivity contribution >= 4 is 17.4 Å². The van der Waals surface area contributed by atoms with Crippen LogP contribution in [0.2, 0.25) is 0 Å². The largest absolute Gasteiger partial charge is 0.507 e. The fourth-order valence-corrected chi connectivity index (χ4v) is 4.94. The molecule has 1 atom stereocenters. The van der Waals surface area contributed by atoms with E-state index in [0.717, 1.165) is 31.2 Å². The van der Waals surface area contributed by atoms with Crippen LogP contribution in [0.4, 0.5) is 0 Å². The van der Waals surface area contributed by atoms with E-state index in [1.807, 2.05) is 24.3 Å². The van der Waals surface area contributed by atoms with E-state index < -0.39 is 17.7 Å². The Morgan fingerprint density at radius 3 is 2.24 bits per heavy atom. The Bertz CT molecular complexity index is 1080. The molecule has 4 rings (SSSR count). The van der Waals surface area contributed by atoms with Crippen LogP contribution in [0.1, 0.15) is 68.2 Å². The third-order valence-electron chi connectivity index (χ3n) is 6.78. The maximum atomic E-state index is 13.3. The molecule has 1 amide bonds. The summed E-state index contributed by atoms with van der Waals surface area (Å²) in [7, 11) is 3.03. The van der Waals surface area contributed by atoms with Crippen LogP contribution in [0.15, 0.2) is 48.0 Å². The highest BCUT2D eigenvalue weighted by Crippen LogP contribution is 2.44. The van der Waals surface area contributed by atoms with Crippen molar-refractivity contribution in [2.45, 2.75) is 57.5 Å². The topological polar surface area (TPSA) is 76.1 Å². The lowest BCUT2D eigenvalue weighted by Gasteiger charge is -2.31. The van der Waals surface area contributed by atoms with Crippen molar-refractivity contribution in [2.24, 2.45) is 0 Å². The van der Waals surface area contributed by atoms with E-state index >= 15 is 0 Å². The van der Waals surface area contributed by atoms with Gasteiger partial charge < -0.3 is 19.5 Å². The van der Waals surface area contributed by atoms with Gasteiger partial charge in [-0.3, -0.25) is 9.59 Å². The Hall–Kier alpha value is -3.28. The zero-order chi connectivity index (χ0) is 23.7. The van der Waals surface area contributed by atoms with Crippen LogP contribution in [0.3, 0.4) is 0 Å². The van der Waals surface area contributed by atoms with E-state index in [9.17, 15) is 14.7 Å². The number of aliphatic hydroxyl groups is 1. The maximum Gasteiger partial charge on any atom is 0.295 e. The van der Waals surface area contributed by atoms with Gasteiger partial charge in [0, 0.05) is 12.1 Å². The summed E-state index contributed by atoms with van der Waals surface area (Å²) in [5.74, 6) is -0.136. The van der Waals surface area contributed by atoms with E-state index in [1.165, 1.54) is 12.7 Å². The third kappa shape index (κ3) is 4.10. The first-order valence-corrected chi connectivity index (χ1v) is 11.5. The Morgan fingerprint density at radius 2 is 1.67 bits per heavy atom. The highest BCUT2D eigenvalue weighted by Gasteiger charge is 2.49. The Balaban J connectivity index is 1.89. The monoisotopic (exact) mass is 449 g/mol. The van der Waals surface area contributed by atoms with Crippen molar-refractivity contribution in [2.75, 3.05) is 14.2 Å². The number of methoxy groups -OCH3 is 2. The zero-order valence-corrected chi connectivity index (χ0v) is 19.6. The van der Waals surface area contributed by atoms with Crippen molar-refractivity contribution in [1.82, 2.24) is 4.90 Å². The number of nitrogens with zero attached hydrogens (tertiary/aromatic N) is 1. The van der Waals surface area contributed by atoms with Crippen molar-refractivity contribution in [3.63, 3.8) is 0 Å². The molecule has 2 aliphatic rings. The SMILES string of the molecule is COc1ccc(/C(O)=C2/C(=O)C(=O)N(C3CCCC3)C2c2ccc(C(C)C)cc2)c(OC)c1. The quantitative estimate of drug-likeness (QED) is 0.373. The van der Waals surface area contributed by atoms with Gasteiger partial charge in [0.15, 0.2) is 0 Å². The van der Waals surface area contributed by atoms with Gasteiger partial charge in [0.25, 0.3) is 11.7 Å². The van der Waals surface area contributed by atoms with Crippen LogP contribution < -0.4 is 9.47 Å². The number of amides is 1. The molecule has 1 N–H and O–H groups in total. The van der Waals surface area contributed by atoms with Crippen molar-refractivity contribution < 1.29 is 24.2 Å². The van der Waals surface area contributed by atoms with Crippen molar-refractivity contribution in [3.05, 3.63) is 64.7 Å². The van der Waals surface area contributed by atoms with Gasteiger partial charge >= 0.3 is 0 Å². The summed E-state index contributed by atoms with van der Waals surface area (Å²) in [4.78, 5) is 28.2. The second-order valence-electron chi connectivity index (χ2n) is 9.03. The lowest BCUT2D eigenvalue weighted by Crippen LogP contribution is -2.37. The van der Waals surface area contributed by atoms with Gasteiger partial charge in [0.2, 0.25) is 0 Å². The van der Waals surface area contributed by atoms with E-state index in [0.29, 0.717) is 23.0 Å². The molecule has 0 aromatic heterocycles. The predicted molar refractivity (Wildman–Crippen MR) is 126 cm³/mol. The number of hydrogen-bond donors (Lipinski definition) is 1. The third-order valence-corrected chi connectivity index (χ3v) is 6.78. The standard InChI is InChI=1S/C27H31NO5/c1-16(2)17-9-11-18(12-10-17)24-23(26(30)27(31)28(24)19-7-5-6-8-19)25(29)21-14-13-20(32-3)15-22(21)33-4/h9-16,19,24,29H,5-8H2,1-4H3/b25-23-. The first-order valence-electron chi connectivity index (χ1n) is 11.5. The smallest absolute Gasteiger partial charge is 0.295 e. The molecular weight excluding hydrogens is 418 g/mol. The van der Waals surface area contributed by atoms with Crippen molar-refractivity contribution in [3.8, 4) is 11.5 Å². The van der Waals surface area contributed by atoms with Gasteiger partial charge in [0.1, 0.15) is 17.3 Å². The molecule has 0 radical (unpaired) electrons. The lowest BCUT2D eigenvalue weighted by molar-refractivity contribution is -0.141. The number of benzene rings is 2. The summed E-state index contributed by atoms with van der Waals surface area (Å²) in [5, 5.41) is 11.4. The molecule has 6 nitrogen and oxygen atoms in total. The second kappa shape index (κ2) is 9.30. The van der Waals surface area contributed by atoms with E-state index in [-0.39, 0.29) is 17.4 Å². The normalized spacial score (nSPS) is 20.6. The average molecular weight is 450 g/mol. The molecule has 1 saturated heterocycles. The molecule has 1 heterocycles. The number of carbonyl (C=O) groups excluding carboxylic acids is 2. The molecule has 0 spiro atoms. The predicted octanol–water partition coefficient (Wildman–Crippen LogP) is 5.19. The van der Waals surface area contributed by atoms with Crippen LogP contribution in [0, 0.1) is 0 Å². The summed E-state index contributed by atoms with van der Waals surface area (Å²) >= 11 is 0. The minimum Gasteiger partial charge on any atom is -0.507 e. The molecule has 2 aromatic rings. The molecular formula is C27H31NO5.